The van der Waals surface area contributed by atoms with Gasteiger partial charge in [0.05, 0.1) is 0 Å². The van der Waals surface area contributed by atoms with E-state index in [1.54, 1.807) is 0 Å². The molecule has 0 spiro atoms. The first-order valence-corrected chi connectivity index (χ1v) is 12.1. The molecule has 2 aromatic rings. The van der Waals surface area contributed by atoms with Gasteiger partial charge >= 0.3 is 0 Å². The topological polar surface area (TPSA) is 56.3 Å². The number of nitrogens with zero attached hydrogens (tertiary/aromatic N) is 4. The highest BCUT2D eigenvalue weighted by molar-refractivity contribution is 7.80. The van der Waals surface area contributed by atoms with Gasteiger partial charge in [0.2, 0.25) is 5.95 Å². The molecule has 166 valence electrons. The van der Waals surface area contributed by atoms with Crippen molar-refractivity contribution in [1.82, 2.24) is 15.3 Å². The average molecular weight is 459 g/mol. The number of aromatic nitrogens is 2. The Morgan fingerprint density at radius 3 is 1.90 bits per heavy atom. The van der Waals surface area contributed by atoms with Gasteiger partial charge < -0.3 is 20.4 Å². The van der Waals surface area contributed by atoms with Crippen LogP contribution in [0.3, 0.4) is 0 Å². The van der Waals surface area contributed by atoms with E-state index in [0.717, 1.165) is 48.4 Å². The standard InChI is InChI=1S/C23H31ClN6S/c24-19-10-8-18(9-11-19)17-25-23(31)28-22-26-20(29-12-4-1-2-5-13-29)16-21(27-22)30-14-6-3-7-15-30/h8-11,16H,1-7,12-15,17H2,(H2,25,26,27,28,31). The van der Waals surface area contributed by atoms with Crippen LogP contribution in [-0.4, -0.2) is 41.3 Å². The van der Waals surface area contributed by atoms with Crippen molar-refractivity contribution < 1.29 is 0 Å². The Kier molecular flexibility index (Phi) is 7.81. The summed E-state index contributed by atoms with van der Waals surface area (Å²) in [5.41, 5.74) is 1.11. The van der Waals surface area contributed by atoms with E-state index < -0.39 is 0 Å². The first kappa shape index (κ1) is 22.1. The van der Waals surface area contributed by atoms with E-state index in [-0.39, 0.29) is 0 Å². The largest absolute Gasteiger partial charge is 0.358 e. The Morgan fingerprint density at radius 1 is 0.839 bits per heavy atom. The number of anilines is 3. The third-order valence-corrected chi connectivity index (χ3v) is 6.40. The van der Waals surface area contributed by atoms with Crippen LogP contribution in [0.1, 0.15) is 50.5 Å². The molecule has 0 aliphatic carbocycles. The van der Waals surface area contributed by atoms with Gasteiger partial charge in [-0.25, -0.2) is 0 Å². The Bertz CT molecular complexity index is 861. The smallest absolute Gasteiger partial charge is 0.232 e. The van der Waals surface area contributed by atoms with Gasteiger partial charge in [-0.05, 0) is 62.0 Å². The second-order valence-electron chi connectivity index (χ2n) is 8.29. The highest BCUT2D eigenvalue weighted by Gasteiger charge is 2.18. The first-order chi connectivity index (χ1) is 15.2. The van der Waals surface area contributed by atoms with Crippen LogP contribution in [0.4, 0.5) is 17.6 Å². The SMILES string of the molecule is S=C(NCc1ccc(Cl)cc1)Nc1nc(N2CCCCCC2)cc(N2CCCCC2)n1. The van der Waals surface area contributed by atoms with Gasteiger partial charge in [0.1, 0.15) is 11.6 Å². The van der Waals surface area contributed by atoms with Gasteiger partial charge in [-0.2, -0.15) is 9.97 Å². The van der Waals surface area contributed by atoms with Crippen LogP contribution < -0.4 is 20.4 Å². The Balaban J connectivity index is 1.48. The molecule has 2 aliphatic heterocycles. The van der Waals surface area contributed by atoms with Gasteiger partial charge in [-0.1, -0.05) is 36.6 Å². The van der Waals surface area contributed by atoms with Crippen molar-refractivity contribution in [2.45, 2.75) is 51.5 Å². The van der Waals surface area contributed by atoms with E-state index in [1.165, 1.54) is 44.9 Å². The number of hydrogen-bond acceptors (Lipinski definition) is 5. The molecule has 3 heterocycles. The highest BCUT2D eigenvalue weighted by atomic mass is 35.5. The zero-order valence-corrected chi connectivity index (χ0v) is 19.5. The predicted octanol–water partition coefficient (Wildman–Crippen LogP) is 4.99. The Morgan fingerprint density at radius 2 is 1.35 bits per heavy atom. The summed E-state index contributed by atoms with van der Waals surface area (Å²) in [6.45, 7) is 4.82. The summed E-state index contributed by atoms with van der Waals surface area (Å²) in [5, 5.41) is 7.71. The highest BCUT2D eigenvalue weighted by Crippen LogP contribution is 2.25. The minimum absolute atomic E-state index is 0.521. The summed E-state index contributed by atoms with van der Waals surface area (Å²) in [7, 11) is 0. The molecule has 2 saturated heterocycles. The summed E-state index contributed by atoms with van der Waals surface area (Å²) in [6.07, 6.45) is 8.75. The van der Waals surface area contributed by atoms with E-state index in [9.17, 15) is 0 Å². The second-order valence-corrected chi connectivity index (χ2v) is 9.14. The molecule has 0 unspecified atom stereocenters. The summed E-state index contributed by atoms with van der Waals surface area (Å²) >= 11 is 11.5. The lowest BCUT2D eigenvalue weighted by molar-refractivity contribution is 0.573. The fourth-order valence-corrected chi connectivity index (χ4v) is 4.44. The normalized spacial score (nSPS) is 17.2. The lowest BCUT2D eigenvalue weighted by atomic mass is 10.1. The molecule has 8 heteroatoms. The number of benzene rings is 1. The summed E-state index contributed by atoms with van der Waals surface area (Å²) in [6, 6.07) is 9.90. The molecule has 0 bridgehead atoms. The molecule has 2 N–H and O–H groups in total. The third kappa shape index (κ3) is 6.43. The fraction of sp³-hybridized carbons (Fsp3) is 0.522. The zero-order valence-electron chi connectivity index (χ0n) is 17.9. The molecule has 1 aromatic carbocycles. The lowest BCUT2D eigenvalue weighted by Gasteiger charge is -2.29. The maximum Gasteiger partial charge on any atom is 0.232 e. The molecule has 2 fully saturated rings. The van der Waals surface area contributed by atoms with Crippen LogP contribution in [0.2, 0.25) is 5.02 Å². The molecule has 4 rings (SSSR count). The molecule has 0 amide bonds. The van der Waals surface area contributed by atoms with E-state index in [1.807, 2.05) is 24.3 Å². The fourth-order valence-electron chi connectivity index (χ4n) is 4.16. The van der Waals surface area contributed by atoms with Crippen molar-refractivity contribution >= 4 is 46.5 Å². The number of thiocarbonyl (C=S) groups is 1. The van der Waals surface area contributed by atoms with Gasteiger partial charge in [0, 0.05) is 43.8 Å². The summed E-state index contributed by atoms with van der Waals surface area (Å²) in [4.78, 5) is 14.4. The van der Waals surface area contributed by atoms with Gasteiger partial charge in [-0.3, -0.25) is 0 Å². The first-order valence-electron chi connectivity index (χ1n) is 11.4. The van der Waals surface area contributed by atoms with Crippen molar-refractivity contribution in [3.63, 3.8) is 0 Å². The van der Waals surface area contributed by atoms with Crippen LogP contribution in [0.5, 0.6) is 0 Å². The molecule has 0 radical (unpaired) electrons. The number of piperidine rings is 1. The zero-order chi connectivity index (χ0) is 21.5. The van der Waals surface area contributed by atoms with E-state index in [0.29, 0.717) is 17.6 Å². The summed E-state index contributed by atoms with van der Waals surface area (Å²) in [5.74, 6) is 2.56. The van der Waals surface area contributed by atoms with Crippen LogP contribution in [0, 0.1) is 0 Å². The van der Waals surface area contributed by atoms with Crippen LogP contribution >= 0.6 is 23.8 Å². The van der Waals surface area contributed by atoms with Crippen LogP contribution in [0.15, 0.2) is 30.3 Å². The van der Waals surface area contributed by atoms with Gasteiger partial charge in [-0.15, -0.1) is 0 Å². The number of nitrogens with one attached hydrogen (secondary N) is 2. The average Bonchev–Trinajstić information content (AvgIpc) is 3.09. The monoisotopic (exact) mass is 458 g/mol. The van der Waals surface area contributed by atoms with Crippen molar-refractivity contribution in [3.8, 4) is 0 Å². The minimum atomic E-state index is 0.521. The van der Waals surface area contributed by atoms with Crippen molar-refractivity contribution in [2.24, 2.45) is 0 Å². The molecular weight excluding hydrogens is 428 g/mol. The molecule has 0 atom stereocenters. The Hall–Kier alpha value is -2.12. The molecule has 1 aromatic heterocycles. The Labute approximate surface area is 195 Å². The number of halogens is 1. The maximum absolute atomic E-state index is 5.97. The quantitative estimate of drug-likeness (QED) is 0.612. The minimum Gasteiger partial charge on any atom is -0.358 e. The maximum atomic E-state index is 5.97. The van der Waals surface area contributed by atoms with E-state index in [2.05, 4.69) is 26.5 Å². The van der Waals surface area contributed by atoms with Crippen LogP contribution in [0.25, 0.3) is 0 Å². The van der Waals surface area contributed by atoms with Crippen molar-refractivity contribution in [2.75, 3.05) is 41.3 Å². The third-order valence-electron chi connectivity index (χ3n) is 5.90. The number of rotatable bonds is 5. The van der Waals surface area contributed by atoms with Crippen molar-refractivity contribution in [1.29, 1.82) is 0 Å². The van der Waals surface area contributed by atoms with E-state index in [4.69, 9.17) is 33.8 Å². The molecule has 0 saturated carbocycles. The molecule has 6 nitrogen and oxygen atoms in total. The number of hydrogen-bond donors (Lipinski definition) is 2. The van der Waals surface area contributed by atoms with Crippen LogP contribution in [-0.2, 0) is 6.54 Å². The molecule has 31 heavy (non-hydrogen) atoms. The molecule has 2 aliphatic rings. The van der Waals surface area contributed by atoms with Gasteiger partial charge in [0.25, 0.3) is 0 Å². The second kappa shape index (κ2) is 11.0. The van der Waals surface area contributed by atoms with E-state index >= 15 is 0 Å². The predicted molar refractivity (Wildman–Crippen MR) is 133 cm³/mol. The summed E-state index contributed by atoms with van der Waals surface area (Å²) < 4.78 is 0. The lowest BCUT2D eigenvalue weighted by Crippen LogP contribution is -2.33. The molecular formula is C23H31ClN6S. The van der Waals surface area contributed by atoms with Gasteiger partial charge in [0.15, 0.2) is 5.11 Å². The van der Waals surface area contributed by atoms with Crippen molar-refractivity contribution in [3.05, 3.63) is 40.9 Å².